The third-order valence-corrected chi connectivity index (χ3v) is 7.62. The van der Waals surface area contributed by atoms with Crippen molar-refractivity contribution in [3.8, 4) is 22.9 Å². The van der Waals surface area contributed by atoms with Crippen LogP contribution in [0.2, 0.25) is 4.34 Å². The molecule has 1 fully saturated rings. The van der Waals surface area contributed by atoms with Crippen LogP contribution in [0, 0.1) is 5.82 Å². The van der Waals surface area contributed by atoms with Gasteiger partial charge in [-0.2, -0.15) is 0 Å². The highest BCUT2D eigenvalue weighted by Crippen LogP contribution is 2.37. The van der Waals surface area contributed by atoms with Gasteiger partial charge in [0.15, 0.2) is 10.8 Å². The standard InChI is InChI=1S/C26H21ClFN7OS/c27-22-14-32-26(37-22)25(36)33-15-5-3-6-16(11-15)35-21-12-19(23-29-9-4-10-30-23)31-13-20(21)34-24(35)17-7-1-2-8-18(17)28/h1-2,4,7-10,12-16H,3,5-6,11H2,(H,33,36). The van der Waals surface area contributed by atoms with Crippen LogP contribution in [0.3, 0.4) is 0 Å². The summed E-state index contributed by atoms with van der Waals surface area (Å²) in [5.74, 6) is 0.449. The van der Waals surface area contributed by atoms with Crippen LogP contribution in [-0.4, -0.2) is 41.4 Å². The molecule has 6 rings (SSSR count). The van der Waals surface area contributed by atoms with Crippen molar-refractivity contribution in [1.82, 2.24) is 34.8 Å². The lowest BCUT2D eigenvalue weighted by molar-refractivity contribution is 0.0920. The van der Waals surface area contributed by atoms with Gasteiger partial charge in [-0.1, -0.05) is 35.1 Å². The zero-order chi connectivity index (χ0) is 25.4. The van der Waals surface area contributed by atoms with E-state index in [1.165, 1.54) is 12.3 Å². The van der Waals surface area contributed by atoms with Crippen LogP contribution in [0.1, 0.15) is 41.5 Å². The largest absolute Gasteiger partial charge is 0.347 e. The Labute approximate surface area is 220 Å². The summed E-state index contributed by atoms with van der Waals surface area (Å²) in [4.78, 5) is 34.8. The van der Waals surface area contributed by atoms with E-state index in [0.717, 1.165) is 36.1 Å². The first-order valence-corrected chi connectivity index (χ1v) is 13.1. The van der Waals surface area contributed by atoms with Crippen LogP contribution >= 0.6 is 22.9 Å². The molecule has 37 heavy (non-hydrogen) atoms. The zero-order valence-electron chi connectivity index (χ0n) is 19.5. The number of fused-ring (bicyclic) bond motifs is 1. The summed E-state index contributed by atoms with van der Waals surface area (Å²) in [6.45, 7) is 0. The lowest BCUT2D eigenvalue weighted by Gasteiger charge is -2.32. The summed E-state index contributed by atoms with van der Waals surface area (Å²) in [5, 5.41) is 3.45. The van der Waals surface area contributed by atoms with Crippen LogP contribution in [0.25, 0.3) is 33.9 Å². The van der Waals surface area contributed by atoms with Gasteiger partial charge in [0.2, 0.25) is 0 Å². The molecule has 2 atom stereocenters. The lowest BCUT2D eigenvalue weighted by atomic mass is 9.90. The summed E-state index contributed by atoms with van der Waals surface area (Å²) in [6, 6.07) is 10.2. The van der Waals surface area contributed by atoms with Crippen LogP contribution in [-0.2, 0) is 0 Å². The topological polar surface area (TPSA) is 98.5 Å². The van der Waals surface area contributed by atoms with Crippen molar-refractivity contribution in [2.75, 3.05) is 0 Å². The van der Waals surface area contributed by atoms with Crippen LogP contribution in [0.15, 0.2) is 61.2 Å². The first kappa shape index (κ1) is 23.6. The summed E-state index contributed by atoms with van der Waals surface area (Å²) in [7, 11) is 0. The van der Waals surface area contributed by atoms with Crippen molar-refractivity contribution in [2.45, 2.75) is 37.8 Å². The van der Waals surface area contributed by atoms with Crippen LogP contribution < -0.4 is 5.32 Å². The number of pyridine rings is 1. The number of aromatic nitrogens is 6. The van der Waals surface area contributed by atoms with Gasteiger partial charge < -0.3 is 9.88 Å². The van der Waals surface area contributed by atoms with Gasteiger partial charge in [0.25, 0.3) is 5.91 Å². The van der Waals surface area contributed by atoms with Crippen molar-refractivity contribution >= 4 is 39.9 Å². The minimum atomic E-state index is -0.347. The number of carbonyl (C=O) groups is 1. The zero-order valence-corrected chi connectivity index (χ0v) is 21.1. The molecule has 8 nitrogen and oxygen atoms in total. The fraction of sp³-hybridized carbons (Fsp3) is 0.231. The van der Waals surface area contributed by atoms with Gasteiger partial charge in [0.05, 0.1) is 23.5 Å². The van der Waals surface area contributed by atoms with Gasteiger partial charge in [-0.25, -0.2) is 24.3 Å². The molecule has 1 saturated carbocycles. The van der Waals surface area contributed by atoms with E-state index in [1.54, 1.807) is 42.9 Å². The molecule has 1 aliphatic rings. The molecule has 1 amide bonds. The first-order valence-electron chi connectivity index (χ1n) is 11.9. The fourth-order valence-electron chi connectivity index (χ4n) is 4.89. The molecule has 0 spiro atoms. The monoisotopic (exact) mass is 533 g/mol. The lowest BCUT2D eigenvalue weighted by Crippen LogP contribution is -2.39. The SMILES string of the molecule is O=C(NC1CCCC(n2c(-c3ccccc3F)nc3cnc(-c4ncccn4)cc32)C1)c1ncc(Cl)s1. The number of benzene rings is 1. The van der Waals surface area contributed by atoms with E-state index >= 15 is 0 Å². The predicted octanol–water partition coefficient (Wildman–Crippen LogP) is 5.72. The molecule has 4 aromatic heterocycles. The van der Waals surface area contributed by atoms with E-state index in [-0.39, 0.29) is 23.8 Å². The normalized spacial score (nSPS) is 17.7. The van der Waals surface area contributed by atoms with Gasteiger partial charge in [0, 0.05) is 24.5 Å². The fourth-order valence-corrected chi connectivity index (χ4v) is 5.71. The number of amides is 1. The molecule has 4 heterocycles. The molecule has 5 aromatic rings. The van der Waals surface area contributed by atoms with E-state index in [9.17, 15) is 9.18 Å². The average Bonchev–Trinajstić information content (AvgIpc) is 3.53. The Kier molecular flexibility index (Phi) is 6.35. The van der Waals surface area contributed by atoms with Crippen molar-refractivity contribution < 1.29 is 9.18 Å². The third kappa shape index (κ3) is 4.70. The molecule has 1 aliphatic carbocycles. The van der Waals surface area contributed by atoms with E-state index in [0.29, 0.717) is 44.2 Å². The maximum absolute atomic E-state index is 15.0. The number of hydrogen-bond donors (Lipinski definition) is 1. The van der Waals surface area contributed by atoms with Crippen LogP contribution in [0.4, 0.5) is 4.39 Å². The maximum atomic E-state index is 15.0. The van der Waals surface area contributed by atoms with E-state index in [2.05, 4.69) is 29.8 Å². The van der Waals surface area contributed by atoms with Gasteiger partial charge in [-0.05, 0) is 49.9 Å². The molecule has 1 aromatic carbocycles. The van der Waals surface area contributed by atoms with Crippen molar-refractivity contribution in [2.24, 2.45) is 0 Å². The minimum absolute atomic E-state index is 0.0227. The van der Waals surface area contributed by atoms with Crippen LogP contribution in [0.5, 0.6) is 0 Å². The maximum Gasteiger partial charge on any atom is 0.280 e. The van der Waals surface area contributed by atoms with Crippen molar-refractivity contribution in [1.29, 1.82) is 0 Å². The summed E-state index contributed by atoms with van der Waals surface area (Å²) >= 11 is 7.11. The number of carbonyl (C=O) groups excluding carboxylic acids is 1. The molecule has 1 N–H and O–H groups in total. The Morgan fingerprint density at radius 2 is 1.92 bits per heavy atom. The minimum Gasteiger partial charge on any atom is -0.347 e. The van der Waals surface area contributed by atoms with Gasteiger partial charge >= 0.3 is 0 Å². The van der Waals surface area contributed by atoms with Gasteiger partial charge in [0.1, 0.15) is 27.2 Å². The van der Waals surface area contributed by atoms with Gasteiger partial charge in [-0.3, -0.25) is 9.78 Å². The molecule has 2 unspecified atom stereocenters. The smallest absolute Gasteiger partial charge is 0.280 e. The Bertz CT molecular complexity index is 1590. The number of nitrogens with zero attached hydrogens (tertiary/aromatic N) is 6. The Hall–Kier alpha value is -3.76. The number of hydrogen-bond acceptors (Lipinski definition) is 7. The Morgan fingerprint density at radius 3 is 2.70 bits per heavy atom. The second-order valence-corrected chi connectivity index (χ2v) is 10.5. The number of rotatable bonds is 5. The highest BCUT2D eigenvalue weighted by molar-refractivity contribution is 7.17. The highest BCUT2D eigenvalue weighted by Gasteiger charge is 2.29. The summed E-state index contributed by atoms with van der Waals surface area (Å²) < 4.78 is 17.5. The average molecular weight is 534 g/mol. The number of nitrogens with one attached hydrogen (secondary N) is 1. The second-order valence-electron chi connectivity index (χ2n) is 8.88. The quantitative estimate of drug-likeness (QED) is 0.310. The molecule has 0 saturated heterocycles. The molecule has 186 valence electrons. The highest BCUT2D eigenvalue weighted by atomic mass is 35.5. The van der Waals surface area contributed by atoms with E-state index in [1.807, 2.05) is 6.07 Å². The Morgan fingerprint density at radius 1 is 1.08 bits per heavy atom. The summed E-state index contributed by atoms with van der Waals surface area (Å²) in [5.41, 5.74) is 2.50. The second kappa shape index (κ2) is 9.95. The molecule has 0 bridgehead atoms. The first-order chi connectivity index (χ1) is 18.1. The molecule has 0 aliphatic heterocycles. The molecular weight excluding hydrogens is 513 g/mol. The molecular formula is C26H21ClFN7OS. The van der Waals surface area contributed by atoms with Gasteiger partial charge in [-0.15, -0.1) is 0 Å². The Balaban J connectivity index is 1.41. The number of halogens is 2. The third-order valence-electron chi connectivity index (χ3n) is 6.50. The summed E-state index contributed by atoms with van der Waals surface area (Å²) in [6.07, 6.45) is 9.75. The van der Waals surface area contributed by atoms with Crippen molar-refractivity contribution in [3.63, 3.8) is 0 Å². The molecule has 0 radical (unpaired) electrons. The van der Waals surface area contributed by atoms with E-state index in [4.69, 9.17) is 16.6 Å². The number of thiazole rings is 1. The predicted molar refractivity (Wildman–Crippen MR) is 140 cm³/mol. The van der Waals surface area contributed by atoms with Crippen molar-refractivity contribution in [3.05, 3.63) is 76.3 Å². The molecule has 11 heteroatoms. The number of imidazole rings is 1. The van der Waals surface area contributed by atoms with E-state index < -0.39 is 0 Å².